The monoisotopic (exact) mass is 483 g/mol. The minimum Gasteiger partial charge on any atom is -0.373 e. The summed E-state index contributed by atoms with van der Waals surface area (Å²) in [6, 6.07) is 1.86. The second kappa shape index (κ2) is 8.69. The van der Waals surface area contributed by atoms with E-state index in [0.717, 1.165) is 19.3 Å². The smallest absolute Gasteiger partial charge is 0.242 e. The molecule has 142 valence electrons. The summed E-state index contributed by atoms with van der Waals surface area (Å²) >= 11 is 0. The zero-order chi connectivity index (χ0) is 17.2. The molecule has 0 aliphatic carbocycles. The van der Waals surface area contributed by atoms with Gasteiger partial charge in [-0.05, 0) is 25.3 Å². The molecule has 2 fully saturated rings. The Labute approximate surface area is 165 Å². The van der Waals surface area contributed by atoms with Gasteiger partial charge in [0.2, 0.25) is 10.0 Å². The van der Waals surface area contributed by atoms with Gasteiger partial charge >= 0.3 is 0 Å². The molecule has 0 saturated carbocycles. The number of nitrogens with zero attached hydrogens (tertiary/aromatic N) is 2. The first-order valence-corrected chi connectivity index (χ1v) is 9.70. The van der Waals surface area contributed by atoms with E-state index in [0.29, 0.717) is 18.6 Å². The predicted molar refractivity (Wildman–Crippen MR) is 107 cm³/mol. The van der Waals surface area contributed by atoms with Gasteiger partial charge in [-0.15, -0.1) is 24.0 Å². The molecule has 0 spiro atoms. The zero-order valence-electron chi connectivity index (χ0n) is 14.4. The summed E-state index contributed by atoms with van der Waals surface area (Å²) in [6.45, 7) is 0.735. The quantitative estimate of drug-likeness (QED) is 0.236. The van der Waals surface area contributed by atoms with Crippen LogP contribution in [0.4, 0.5) is 0 Å². The molecule has 0 aromatic carbocycles. The van der Waals surface area contributed by atoms with Gasteiger partial charge in [0.1, 0.15) is 0 Å². The van der Waals surface area contributed by atoms with E-state index in [4.69, 9.17) is 4.74 Å². The largest absolute Gasteiger partial charge is 0.373 e. The summed E-state index contributed by atoms with van der Waals surface area (Å²) in [5.41, 5.74) is 0. The van der Waals surface area contributed by atoms with Crippen molar-refractivity contribution in [2.24, 2.45) is 12.0 Å². The highest BCUT2D eigenvalue weighted by Crippen LogP contribution is 2.34. The Kier molecular flexibility index (Phi) is 7.11. The lowest BCUT2D eigenvalue weighted by Gasteiger charge is -2.22. The average molecular weight is 483 g/mol. The van der Waals surface area contributed by atoms with Gasteiger partial charge < -0.3 is 19.9 Å². The molecule has 1 aromatic heterocycles. The summed E-state index contributed by atoms with van der Waals surface area (Å²) in [5.74, 6) is 0.676. The van der Waals surface area contributed by atoms with Gasteiger partial charge in [-0.25, -0.2) is 13.1 Å². The lowest BCUT2D eigenvalue weighted by Crippen LogP contribution is -2.48. The van der Waals surface area contributed by atoms with Crippen LogP contribution in [0, 0.1) is 0 Å². The van der Waals surface area contributed by atoms with Crippen molar-refractivity contribution in [1.29, 1.82) is 0 Å². The van der Waals surface area contributed by atoms with Gasteiger partial charge in [0, 0.05) is 39.6 Å². The third-order valence-corrected chi connectivity index (χ3v) is 5.92. The van der Waals surface area contributed by atoms with E-state index in [1.165, 1.54) is 0 Å². The number of hydrogen-bond acceptors (Lipinski definition) is 4. The first-order valence-electron chi connectivity index (χ1n) is 8.22. The molecule has 3 unspecified atom stereocenters. The normalized spacial score (nSPS) is 25.7. The summed E-state index contributed by atoms with van der Waals surface area (Å²) < 4.78 is 34.3. The van der Waals surface area contributed by atoms with Gasteiger partial charge in [0.25, 0.3) is 0 Å². The Balaban J connectivity index is 0.00000225. The van der Waals surface area contributed by atoms with Crippen LogP contribution in [-0.4, -0.2) is 57.3 Å². The summed E-state index contributed by atoms with van der Waals surface area (Å²) in [6.07, 6.45) is 7.17. The molecule has 3 rings (SSSR count). The van der Waals surface area contributed by atoms with Crippen molar-refractivity contribution >= 4 is 40.0 Å². The first-order chi connectivity index (χ1) is 11.5. The Bertz CT molecular complexity index is 706. The van der Waals surface area contributed by atoms with Crippen LogP contribution in [0.25, 0.3) is 0 Å². The molecule has 2 aliphatic rings. The highest BCUT2D eigenvalue weighted by atomic mass is 127. The lowest BCUT2D eigenvalue weighted by molar-refractivity contribution is 0.0992. The van der Waals surface area contributed by atoms with Crippen LogP contribution < -0.4 is 15.4 Å². The number of ether oxygens (including phenoxy) is 1. The van der Waals surface area contributed by atoms with E-state index in [2.05, 4.69) is 20.3 Å². The molecule has 2 bridgehead atoms. The van der Waals surface area contributed by atoms with E-state index in [1.54, 1.807) is 37.1 Å². The second-order valence-electron chi connectivity index (χ2n) is 6.27. The van der Waals surface area contributed by atoms with Crippen LogP contribution >= 0.6 is 24.0 Å². The number of nitrogens with one attached hydrogen (secondary N) is 3. The maximum Gasteiger partial charge on any atom is 0.242 e. The Morgan fingerprint density at radius 3 is 2.76 bits per heavy atom. The Morgan fingerprint density at radius 2 is 2.20 bits per heavy atom. The van der Waals surface area contributed by atoms with Crippen LogP contribution in [0.3, 0.4) is 0 Å². The van der Waals surface area contributed by atoms with E-state index < -0.39 is 10.0 Å². The van der Waals surface area contributed by atoms with Crippen molar-refractivity contribution in [2.75, 3.05) is 20.1 Å². The minimum absolute atomic E-state index is 0. The predicted octanol–water partition coefficient (Wildman–Crippen LogP) is 0.406. The van der Waals surface area contributed by atoms with Crippen LogP contribution in [0.1, 0.15) is 19.3 Å². The lowest BCUT2D eigenvalue weighted by atomic mass is 9.96. The number of aryl methyl sites for hydroxylation is 1. The van der Waals surface area contributed by atoms with Crippen molar-refractivity contribution in [3.63, 3.8) is 0 Å². The molecule has 2 aliphatic heterocycles. The van der Waals surface area contributed by atoms with Crippen LogP contribution in [0.2, 0.25) is 0 Å². The van der Waals surface area contributed by atoms with E-state index in [9.17, 15) is 8.42 Å². The van der Waals surface area contributed by atoms with Crippen LogP contribution in [0.15, 0.2) is 28.3 Å². The van der Waals surface area contributed by atoms with Gasteiger partial charge in [-0.1, -0.05) is 0 Å². The fourth-order valence-electron chi connectivity index (χ4n) is 3.25. The topological polar surface area (TPSA) is 96.8 Å². The molecule has 1 aromatic rings. The second-order valence-corrected chi connectivity index (χ2v) is 8.04. The highest BCUT2D eigenvalue weighted by molar-refractivity contribution is 14.0. The molecule has 0 radical (unpaired) electrons. The summed E-state index contributed by atoms with van der Waals surface area (Å²) in [4.78, 5) is 4.46. The van der Waals surface area contributed by atoms with Crippen molar-refractivity contribution < 1.29 is 13.2 Å². The number of fused-ring (bicyclic) bond motifs is 2. The maximum atomic E-state index is 12.1. The number of guanidine groups is 1. The highest BCUT2D eigenvalue weighted by Gasteiger charge is 2.41. The van der Waals surface area contributed by atoms with Gasteiger partial charge in [0.05, 0.1) is 23.1 Å². The van der Waals surface area contributed by atoms with Crippen LogP contribution in [0.5, 0.6) is 0 Å². The van der Waals surface area contributed by atoms with Gasteiger partial charge in [-0.2, -0.15) is 0 Å². The van der Waals surface area contributed by atoms with Crippen molar-refractivity contribution in [1.82, 2.24) is 19.9 Å². The molecule has 10 heteroatoms. The van der Waals surface area contributed by atoms with Gasteiger partial charge in [0.15, 0.2) is 5.96 Å². The molecule has 3 N–H and O–H groups in total. The number of hydrogen-bond donors (Lipinski definition) is 3. The van der Waals surface area contributed by atoms with E-state index in [1.807, 2.05) is 0 Å². The minimum atomic E-state index is -3.46. The number of sulfonamides is 1. The summed E-state index contributed by atoms with van der Waals surface area (Å²) in [5, 5.41) is 6.50. The van der Waals surface area contributed by atoms with Crippen molar-refractivity contribution in [2.45, 2.75) is 42.4 Å². The van der Waals surface area contributed by atoms with Crippen molar-refractivity contribution in [3.8, 4) is 0 Å². The third-order valence-electron chi connectivity index (χ3n) is 4.48. The maximum absolute atomic E-state index is 12.1. The molecule has 25 heavy (non-hydrogen) atoms. The first kappa shape index (κ1) is 20.5. The standard InChI is InChI=1S/C15H25N5O3S.HI/c1-16-15(19-13-9-11-3-4-14(13)23-11)17-6-7-18-24(21,22)12-5-8-20(2)10-12;/h5,8,10-11,13-14,18H,3-4,6-7,9H2,1-2H3,(H2,16,17,19);1H. The molecule has 3 atom stereocenters. The Hall–Kier alpha value is -0.850. The fraction of sp³-hybridized carbons (Fsp3) is 0.667. The Morgan fingerprint density at radius 1 is 1.40 bits per heavy atom. The van der Waals surface area contributed by atoms with Crippen LogP contribution in [-0.2, 0) is 21.8 Å². The average Bonchev–Trinajstić information content (AvgIpc) is 3.27. The number of rotatable bonds is 6. The molecule has 2 saturated heterocycles. The number of halogens is 1. The third kappa shape index (κ3) is 5.08. The SMILES string of the molecule is CN=C(NCCNS(=O)(=O)c1ccn(C)c1)NC1CC2CCC1O2.I. The van der Waals surface area contributed by atoms with Gasteiger partial charge in [-0.3, -0.25) is 4.99 Å². The summed E-state index contributed by atoms with van der Waals surface area (Å²) in [7, 11) is 0.0287. The molecule has 8 nitrogen and oxygen atoms in total. The number of aliphatic imine (C=N–C) groups is 1. The molecule has 0 amide bonds. The molecular formula is C15H26IN5O3S. The fourth-order valence-corrected chi connectivity index (χ4v) is 4.33. The van der Waals surface area contributed by atoms with E-state index >= 15 is 0 Å². The van der Waals surface area contributed by atoms with E-state index in [-0.39, 0.29) is 47.6 Å². The number of aromatic nitrogens is 1. The molecular weight excluding hydrogens is 457 g/mol. The van der Waals surface area contributed by atoms with Crippen molar-refractivity contribution in [3.05, 3.63) is 18.5 Å². The molecule has 3 heterocycles. The zero-order valence-corrected chi connectivity index (χ0v) is 17.6.